The van der Waals surface area contributed by atoms with E-state index in [1.54, 1.807) is 0 Å². The Morgan fingerprint density at radius 3 is 3.00 bits per heavy atom. The molecule has 0 atom stereocenters. The third-order valence-electron chi connectivity index (χ3n) is 1.31. The molecule has 0 aliphatic heterocycles. The Morgan fingerprint density at radius 1 is 1.33 bits per heavy atom. The molecule has 0 amide bonds. The Bertz CT molecular complexity index is 163. The maximum Gasteiger partial charge on any atom is 0.0142 e. The molecule has 1 heteroatoms. The van der Waals surface area contributed by atoms with Crippen molar-refractivity contribution in [2.24, 2.45) is 0 Å². The fourth-order valence-electron chi connectivity index (χ4n) is 0.763. The van der Waals surface area contributed by atoms with Crippen LogP contribution in [0.3, 0.4) is 0 Å². The highest BCUT2D eigenvalue weighted by Gasteiger charge is 1.88. The standard InChI is InChI=1S/C8H11N/c1-9-8-6-4-2-3-5-7-8/h2-6,9H,7H2,1H3. The topological polar surface area (TPSA) is 12.0 Å². The second kappa shape index (κ2) is 3.13. The molecule has 0 aromatic rings. The summed E-state index contributed by atoms with van der Waals surface area (Å²) in [6, 6.07) is 0. The van der Waals surface area contributed by atoms with Crippen LogP contribution in [0.5, 0.6) is 0 Å². The van der Waals surface area contributed by atoms with Crippen LogP contribution in [-0.2, 0) is 0 Å². The van der Waals surface area contributed by atoms with Crippen LogP contribution < -0.4 is 5.32 Å². The monoisotopic (exact) mass is 121 g/mol. The maximum absolute atomic E-state index is 3.10. The summed E-state index contributed by atoms with van der Waals surface area (Å²) in [6.07, 6.45) is 11.4. The molecule has 0 saturated carbocycles. The van der Waals surface area contributed by atoms with Crippen molar-refractivity contribution in [2.45, 2.75) is 6.42 Å². The molecule has 0 spiro atoms. The average molecular weight is 121 g/mol. The van der Waals surface area contributed by atoms with E-state index < -0.39 is 0 Å². The first-order valence-corrected chi connectivity index (χ1v) is 3.13. The molecule has 0 aromatic carbocycles. The summed E-state index contributed by atoms with van der Waals surface area (Å²) in [5.74, 6) is 0. The SMILES string of the molecule is CNC1=CC=CC=CC1. The first-order valence-electron chi connectivity index (χ1n) is 3.13. The fourth-order valence-corrected chi connectivity index (χ4v) is 0.763. The van der Waals surface area contributed by atoms with Crippen molar-refractivity contribution in [3.05, 3.63) is 36.1 Å². The molecular formula is C8H11N. The zero-order valence-corrected chi connectivity index (χ0v) is 5.59. The van der Waals surface area contributed by atoms with E-state index in [0.29, 0.717) is 0 Å². The van der Waals surface area contributed by atoms with Crippen molar-refractivity contribution in [1.82, 2.24) is 5.32 Å². The molecule has 1 rings (SSSR count). The van der Waals surface area contributed by atoms with Crippen LogP contribution >= 0.6 is 0 Å². The van der Waals surface area contributed by atoms with Gasteiger partial charge in [0.1, 0.15) is 0 Å². The van der Waals surface area contributed by atoms with Gasteiger partial charge in [-0.2, -0.15) is 0 Å². The summed E-state index contributed by atoms with van der Waals surface area (Å²) in [7, 11) is 1.94. The minimum atomic E-state index is 1.02. The summed E-state index contributed by atoms with van der Waals surface area (Å²) in [5, 5.41) is 3.10. The van der Waals surface area contributed by atoms with Crippen molar-refractivity contribution >= 4 is 0 Å². The fraction of sp³-hybridized carbons (Fsp3) is 0.250. The first-order chi connectivity index (χ1) is 4.43. The highest BCUT2D eigenvalue weighted by molar-refractivity contribution is 5.21. The number of rotatable bonds is 1. The molecule has 48 valence electrons. The van der Waals surface area contributed by atoms with Crippen LogP contribution in [0.2, 0.25) is 0 Å². The lowest BCUT2D eigenvalue weighted by Crippen LogP contribution is -2.03. The molecule has 1 aliphatic rings. The third-order valence-corrected chi connectivity index (χ3v) is 1.31. The highest BCUT2D eigenvalue weighted by Crippen LogP contribution is 2.01. The molecule has 0 aromatic heterocycles. The largest absolute Gasteiger partial charge is 0.391 e. The third kappa shape index (κ3) is 1.76. The Hall–Kier alpha value is -0.980. The summed E-state index contributed by atoms with van der Waals surface area (Å²) in [5.41, 5.74) is 1.26. The zero-order chi connectivity index (χ0) is 6.53. The van der Waals surface area contributed by atoms with E-state index in [1.807, 2.05) is 19.2 Å². The van der Waals surface area contributed by atoms with Gasteiger partial charge in [-0.15, -0.1) is 0 Å². The van der Waals surface area contributed by atoms with E-state index in [9.17, 15) is 0 Å². The van der Waals surface area contributed by atoms with Crippen LogP contribution in [0.15, 0.2) is 36.1 Å². The predicted octanol–water partition coefficient (Wildman–Crippen LogP) is 1.61. The number of nitrogens with one attached hydrogen (secondary N) is 1. The van der Waals surface area contributed by atoms with Gasteiger partial charge >= 0.3 is 0 Å². The zero-order valence-electron chi connectivity index (χ0n) is 5.59. The number of hydrogen-bond acceptors (Lipinski definition) is 1. The van der Waals surface area contributed by atoms with Gasteiger partial charge in [0.2, 0.25) is 0 Å². The molecule has 0 heterocycles. The second-order valence-electron chi connectivity index (χ2n) is 1.96. The van der Waals surface area contributed by atoms with Gasteiger partial charge in [0.15, 0.2) is 0 Å². The van der Waals surface area contributed by atoms with Gasteiger partial charge in [0, 0.05) is 19.2 Å². The van der Waals surface area contributed by atoms with Gasteiger partial charge in [-0.1, -0.05) is 24.3 Å². The van der Waals surface area contributed by atoms with Crippen LogP contribution in [0.4, 0.5) is 0 Å². The Kier molecular flexibility index (Phi) is 2.13. The molecular weight excluding hydrogens is 110 g/mol. The van der Waals surface area contributed by atoms with E-state index in [4.69, 9.17) is 0 Å². The smallest absolute Gasteiger partial charge is 0.0142 e. The van der Waals surface area contributed by atoms with E-state index >= 15 is 0 Å². The minimum Gasteiger partial charge on any atom is -0.391 e. The summed E-state index contributed by atoms with van der Waals surface area (Å²) >= 11 is 0. The van der Waals surface area contributed by atoms with Gasteiger partial charge in [-0.25, -0.2) is 0 Å². The molecule has 1 N–H and O–H groups in total. The summed E-state index contributed by atoms with van der Waals surface area (Å²) in [6.45, 7) is 0. The molecule has 0 saturated heterocycles. The number of hydrogen-bond donors (Lipinski definition) is 1. The maximum atomic E-state index is 3.10. The second-order valence-corrected chi connectivity index (χ2v) is 1.96. The van der Waals surface area contributed by atoms with Crippen molar-refractivity contribution in [2.75, 3.05) is 7.05 Å². The molecule has 0 unspecified atom stereocenters. The van der Waals surface area contributed by atoms with Crippen LogP contribution in [-0.4, -0.2) is 7.05 Å². The van der Waals surface area contributed by atoms with Gasteiger partial charge in [-0.05, 0) is 6.08 Å². The first kappa shape index (κ1) is 6.14. The van der Waals surface area contributed by atoms with Crippen molar-refractivity contribution in [3.63, 3.8) is 0 Å². The Morgan fingerprint density at radius 2 is 2.22 bits per heavy atom. The Labute approximate surface area is 55.8 Å². The van der Waals surface area contributed by atoms with Crippen molar-refractivity contribution in [3.8, 4) is 0 Å². The van der Waals surface area contributed by atoms with Crippen molar-refractivity contribution < 1.29 is 0 Å². The Balaban J connectivity index is 2.62. The van der Waals surface area contributed by atoms with Gasteiger partial charge in [0.05, 0.1) is 0 Å². The van der Waals surface area contributed by atoms with E-state index in [1.165, 1.54) is 5.70 Å². The lowest BCUT2D eigenvalue weighted by molar-refractivity contribution is 0.941. The van der Waals surface area contributed by atoms with Gasteiger partial charge < -0.3 is 5.32 Å². The lowest BCUT2D eigenvalue weighted by Gasteiger charge is -1.98. The summed E-state index contributed by atoms with van der Waals surface area (Å²) in [4.78, 5) is 0. The average Bonchev–Trinajstić information content (AvgIpc) is 2.13. The molecule has 0 radical (unpaired) electrons. The van der Waals surface area contributed by atoms with Crippen LogP contribution in [0.1, 0.15) is 6.42 Å². The molecule has 9 heavy (non-hydrogen) atoms. The van der Waals surface area contributed by atoms with Gasteiger partial charge in [0.25, 0.3) is 0 Å². The van der Waals surface area contributed by atoms with Crippen LogP contribution in [0, 0.1) is 0 Å². The normalized spacial score (nSPS) is 16.8. The lowest BCUT2D eigenvalue weighted by atomic mass is 10.3. The minimum absolute atomic E-state index is 1.02. The van der Waals surface area contributed by atoms with Gasteiger partial charge in [-0.3, -0.25) is 0 Å². The molecule has 0 bridgehead atoms. The molecule has 0 fully saturated rings. The summed E-state index contributed by atoms with van der Waals surface area (Å²) < 4.78 is 0. The highest BCUT2D eigenvalue weighted by atomic mass is 14.8. The molecule has 1 aliphatic carbocycles. The van der Waals surface area contributed by atoms with E-state index in [0.717, 1.165) is 6.42 Å². The molecule has 1 nitrogen and oxygen atoms in total. The predicted molar refractivity (Wildman–Crippen MR) is 40.0 cm³/mol. The quantitative estimate of drug-likeness (QED) is 0.555. The van der Waals surface area contributed by atoms with E-state index in [2.05, 4.69) is 23.5 Å². The van der Waals surface area contributed by atoms with E-state index in [-0.39, 0.29) is 0 Å². The number of allylic oxidation sites excluding steroid dienone is 5. The van der Waals surface area contributed by atoms with Crippen molar-refractivity contribution in [1.29, 1.82) is 0 Å². The van der Waals surface area contributed by atoms with Crippen LogP contribution in [0.25, 0.3) is 0 Å².